The zero-order chi connectivity index (χ0) is 58.7. The summed E-state index contributed by atoms with van der Waals surface area (Å²) in [6.45, 7) is 0.00405. The number of unbranched alkanes of at least 4 members (excludes halogenated alkanes) is 2. The molecule has 6 aromatic rings. The largest absolute Gasteiger partial charge is 0.493 e. The van der Waals surface area contributed by atoms with Gasteiger partial charge in [-0.05, 0) is 158 Å². The van der Waals surface area contributed by atoms with Crippen LogP contribution >= 0.6 is 0 Å². The second-order valence-corrected chi connectivity index (χ2v) is 18.8. The highest BCUT2D eigenvalue weighted by molar-refractivity contribution is 6.01. The lowest BCUT2D eigenvalue weighted by atomic mass is 9.66. The molecule has 0 saturated carbocycles. The topological polar surface area (TPSA) is 216 Å². The van der Waals surface area contributed by atoms with Gasteiger partial charge in [-0.25, -0.2) is 9.59 Å². The summed E-state index contributed by atoms with van der Waals surface area (Å²) in [5.41, 5.74) is 13.0. The number of nitrogens with two attached hydrogens (primary N) is 2. The first-order valence-electron chi connectivity index (χ1n) is 25.4. The maximum absolute atomic E-state index is 14.2. The average molecular weight is 1130 g/mol. The van der Waals surface area contributed by atoms with E-state index >= 15 is 0 Å². The standard InChI is InChI=1S/C61H60F6N2O12/c1-76-53-35-43(17-29-51(53)78-33-5-3-31-60(62,63)64)57(74)80-47-23-11-39(12-24-47)15-27-49(70)55(72)59(37-41-7-19-45(68)20-8-41,38-42-9-21-46(69)22-10-42)56(73)50(71)28-16-40-13-25-48(26-14-40)81-58(75)44-18-30-52(54(36-44)77-2)79-34-6-4-32-61(65,66)67/h7-30,35-36,55-56,72-73H,3-6,31-34,37-38,68-69H2,1-2H3/b27-15+,28-16+. The number of hydrogen-bond acceptors (Lipinski definition) is 14. The Bertz CT molecular complexity index is 2920. The summed E-state index contributed by atoms with van der Waals surface area (Å²) >= 11 is 0. The normalized spacial score (nSPS) is 12.7. The number of aliphatic hydroxyl groups excluding tert-OH is 2. The first-order valence-corrected chi connectivity index (χ1v) is 25.4. The van der Waals surface area contributed by atoms with E-state index in [-0.39, 0.29) is 97.4 Å². The van der Waals surface area contributed by atoms with Gasteiger partial charge in [0.2, 0.25) is 0 Å². The molecule has 6 rings (SSSR count). The molecule has 0 radical (unpaired) electrons. The van der Waals surface area contributed by atoms with E-state index in [4.69, 9.17) is 39.9 Å². The van der Waals surface area contributed by atoms with Crippen LogP contribution in [0.2, 0.25) is 0 Å². The van der Waals surface area contributed by atoms with Crippen LogP contribution in [0.3, 0.4) is 0 Å². The number of benzene rings is 6. The van der Waals surface area contributed by atoms with E-state index in [0.717, 1.165) is 12.2 Å². The van der Waals surface area contributed by atoms with E-state index in [1.807, 2.05) is 0 Å². The molecule has 6 aromatic carbocycles. The van der Waals surface area contributed by atoms with Gasteiger partial charge in [-0.15, -0.1) is 0 Å². The number of halogens is 6. The van der Waals surface area contributed by atoms with E-state index < -0.39 is 66.3 Å². The molecule has 0 saturated heterocycles. The van der Waals surface area contributed by atoms with Gasteiger partial charge in [0, 0.05) is 29.6 Å². The highest BCUT2D eigenvalue weighted by atomic mass is 19.4. The molecule has 14 nitrogen and oxygen atoms in total. The highest BCUT2D eigenvalue weighted by Gasteiger charge is 2.49. The number of ketones is 2. The minimum absolute atomic E-state index is 0.00203. The number of rotatable bonds is 28. The summed E-state index contributed by atoms with van der Waals surface area (Å²) in [4.78, 5) is 54.7. The number of anilines is 2. The Kier molecular flexibility index (Phi) is 21.7. The summed E-state index contributed by atoms with van der Waals surface area (Å²) in [5.74, 6) is -2.19. The number of ether oxygens (including phenoxy) is 6. The summed E-state index contributed by atoms with van der Waals surface area (Å²) in [6.07, 6.45) is -9.69. The zero-order valence-corrected chi connectivity index (χ0v) is 44.1. The van der Waals surface area contributed by atoms with E-state index in [0.29, 0.717) is 33.6 Å². The number of carbonyl (C=O) groups is 4. The molecule has 0 aliphatic heterocycles. The lowest BCUT2D eigenvalue weighted by molar-refractivity contribution is -0.146. The van der Waals surface area contributed by atoms with Crippen molar-refractivity contribution in [2.45, 2.75) is 75.9 Å². The van der Waals surface area contributed by atoms with Gasteiger partial charge in [-0.2, -0.15) is 26.3 Å². The predicted octanol–water partition coefficient (Wildman–Crippen LogP) is 11.6. The fraction of sp³-hybridized carbons (Fsp3) is 0.279. The molecule has 20 heteroatoms. The average Bonchev–Trinajstić information content (AvgIpc) is 3.45. The van der Waals surface area contributed by atoms with Crippen molar-refractivity contribution in [3.63, 3.8) is 0 Å². The maximum Gasteiger partial charge on any atom is 0.389 e. The quantitative estimate of drug-likeness (QED) is 0.00898. The minimum atomic E-state index is -4.26. The minimum Gasteiger partial charge on any atom is -0.493 e. The van der Waals surface area contributed by atoms with Crippen molar-refractivity contribution < 1.29 is 84.2 Å². The van der Waals surface area contributed by atoms with Crippen LogP contribution in [0.5, 0.6) is 34.5 Å². The van der Waals surface area contributed by atoms with Gasteiger partial charge in [0.1, 0.15) is 23.7 Å². The summed E-state index contributed by atoms with van der Waals surface area (Å²) in [6, 6.07) is 33.5. The summed E-state index contributed by atoms with van der Waals surface area (Å²) in [7, 11) is 2.69. The van der Waals surface area contributed by atoms with Crippen molar-refractivity contribution in [1.29, 1.82) is 0 Å². The van der Waals surface area contributed by atoms with E-state index in [2.05, 4.69) is 0 Å². The van der Waals surface area contributed by atoms with Crippen LogP contribution < -0.4 is 39.9 Å². The van der Waals surface area contributed by atoms with Crippen LogP contribution in [0.15, 0.2) is 146 Å². The Hall–Kier alpha value is -8.62. The molecule has 2 unspecified atom stereocenters. The molecule has 0 bridgehead atoms. The Morgan fingerprint density at radius 2 is 0.852 bits per heavy atom. The zero-order valence-electron chi connectivity index (χ0n) is 44.1. The SMILES string of the molecule is COc1cc(C(=O)Oc2ccc(/C=C/C(=O)C(O)C(Cc3ccc(N)cc3)(Cc3ccc(N)cc3)C(O)C(=O)/C=C/c3ccc(OC(=O)c4ccc(OCCCCC(F)(F)F)c(OC)c4)cc3)cc2)ccc1OCCCCC(F)(F)F. The van der Waals surface area contributed by atoms with E-state index in [1.165, 1.54) is 87.0 Å². The number of esters is 2. The third kappa shape index (κ3) is 18.7. The molecule has 0 heterocycles. The first-order chi connectivity index (χ1) is 38.5. The summed E-state index contributed by atoms with van der Waals surface area (Å²) in [5, 5.41) is 24.5. The van der Waals surface area contributed by atoms with Crippen LogP contribution in [0.4, 0.5) is 37.7 Å². The molecular formula is C61H60F6N2O12. The van der Waals surface area contributed by atoms with Crippen LogP contribution in [-0.4, -0.2) is 85.7 Å². The predicted molar refractivity (Wildman–Crippen MR) is 291 cm³/mol. The van der Waals surface area contributed by atoms with Crippen molar-refractivity contribution in [2.75, 3.05) is 38.9 Å². The Labute approximate surface area is 463 Å². The Morgan fingerprint density at radius 3 is 1.19 bits per heavy atom. The van der Waals surface area contributed by atoms with Crippen molar-refractivity contribution in [1.82, 2.24) is 0 Å². The highest BCUT2D eigenvalue weighted by Crippen LogP contribution is 2.39. The number of carbonyl (C=O) groups excluding carboxylic acids is 4. The van der Waals surface area contributed by atoms with Crippen LogP contribution in [0.1, 0.15) is 81.5 Å². The van der Waals surface area contributed by atoms with E-state index in [1.54, 1.807) is 72.8 Å². The van der Waals surface area contributed by atoms with Crippen molar-refractivity contribution >= 4 is 47.0 Å². The Balaban J connectivity index is 1.15. The molecule has 0 aliphatic carbocycles. The molecule has 428 valence electrons. The number of methoxy groups -OCH3 is 2. The molecule has 0 spiro atoms. The van der Waals surface area contributed by atoms with E-state index in [9.17, 15) is 55.7 Å². The van der Waals surface area contributed by atoms with Gasteiger partial charge in [0.15, 0.2) is 34.6 Å². The molecule has 0 fully saturated rings. The number of alkyl halides is 6. The first kappa shape index (κ1) is 61.6. The van der Waals surface area contributed by atoms with Crippen LogP contribution in [0.25, 0.3) is 12.2 Å². The molecule has 0 amide bonds. The number of nitrogen functional groups attached to an aromatic ring is 2. The number of hydrogen-bond donors (Lipinski definition) is 4. The van der Waals surface area contributed by atoms with Gasteiger partial charge in [0.25, 0.3) is 0 Å². The van der Waals surface area contributed by atoms with Crippen molar-refractivity contribution in [2.24, 2.45) is 5.41 Å². The summed E-state index contributed by atoms with van der Waals surface area (Å²) < 4.78 is 108. The lowest BCUT2D eigenvalue weighted by Gasteiger charge is -2.40. The third-order valence-electron chi connectivity index (χ3n) is 12.7. The van der Waals surface area contributed by atoms with Gasteiger partial charge in [-0.1, -0.05) is 60.7 Å². The van der Waals surface area contributed by atoms with Gasteiger partial charge >= 0.3 is 24.3 Å². The smallest absolute Gasteiger partial charge is 0.389 e. The van der Waals surface area contributed by atoms with Gasteiger partial charge in [0.05, 0.1) is 38.6 Å². The molecule has 6 N–H and O–H groups in total. The lowest BCUT2D eigenvalue weighted by Crippen LogP contribution is -2.54. The second kappa shape index (κ2) is 28.5. The van der Waals surface area contributed by atoms with Gasteiger partial charge < -0.3 is 50.1 Å². The monoisotopic (exact) mass is 1130 g/mol. The third-order valence-corrected chi connectivity index (χ3v) is 12.7. The maximum atomic E-state index is 14.2. The van der Waals surface area contributed by atoms with Crippen molar-refractivity contribution in [3.05, 3.63) is 179 Å². The molecule has 0 aromatic heterocycles. The van der Waals surface area contributed by atoms with Crippen LogP contribution in [0, 0.1) is 5.41 Å². The van der Waals surface area contributed by atoms with Crippen molar-refractivity contribution in [3.8, 4) is 34.5 Å². The molecular weight excluding hydrogens is 1070 g/mol. The fourth-order valence-electron chi connectivity index (χ4n) is 8.41. The van der Waals surface area contributed by atoms with Crippen LogP contribution in [-0.2, 0) is 22.4 Å². The number of aliphatic hydroxyl groups is 2. The molecule has 0 aliphatic rings. The fourth-order valence-corrected chi connectivity index (χ4v) is 8.41. The second-order valence-electron chi connectivity index (χ2n) is 18.8. The molecule has 81 heavy (non-hydrogen) atoms. The van der Waals surface area contributed by atoms with Gasteiger partial charge in [-0.3, -0.25) is 9.59 Å². The molecule has 2 atom stereocenters. The Morgan fingerprint density at radius 1 is 0.494 bits per heavy atom.